The van der Waals surface area contributed by atoms with E-state index in [1.165, 1.54) is 27.5 Å². The van der Waals surface area contributed by atoms with Gasteiger partial charge in [-0.05, 0) is 83.2 Å². The number of fused-ring (bicyclic) bond motifs is 3. The zero-order valence-corrected chi connectivity index (χ0v) is 23.7. The predicted molar refractivity (Wildman–Crippen MR) is 181 cm³/mol. The number of hydrogen-bond donors (Lipinski definition) is 0. The van der Waals surface area contributed by atoms with E-state index in [2.05, 4.69) is 115 Å². The first-order chi connectivity index (χ1) is 21.7. The molecule has 0 fully saturated rings. The molecule has 0 radical (unpaired) electrons. The first-order valence-corrected chi connectivity index (χ1v) is 14.9. The van der Waals surface area contributed by atoms with E-state index in [1.54, 1.807) is 6.07 Å². The molecular formula is C42H24O2. The quantitative estimate of drug-likeness (QED) is 0.159. The summed E-state index contributed by atoms with van der Waals surface area (Å²) in [5, 5.41) is 8.77. The highest BCUT2D eigenvalue weighted by atomic mass is 16.2. The molecule has 1 aliphatic carbocycles. The van der Waals surface area contributed by atoms with Gasteiger partial charge in [-0.15, -0.1) is 0 Å². The Bertz CT molecular complexity index is 2440. The molecule has 0 spiro atoms. The van der Waals surface area contributed by atoms with Crippen LogP contribution in [0.1, 0.15) is 20.7 Å². The van der Waals surface area contributed by atoms with E-state index in [4.69, 9.17) is 0 Å². The number of rotatable bonds is 3. The number of Topliss-reactive ketones (excluding diaryl/α,β-unsaturated/α-hetero) is 2. The third-order valence-corrected chi connectivity index (χ3v) is 9.19. The highest BCUT2D eigenvalue weighted by Crippen LogP contribution is 2.46. The van der Waals surface area contributed by atoms with Crippen LogP contribution in [0.2, 0.25) is 0 Å². The second-order valence-electron chi connectivity index (χ2n) is 11.5. The molecule has 2 heteroatoms. The Morgan fingerprint density at radius 1 is 0.318 bits per heavy atom. The Labute approximate surface area is 253 Å². The second-order valence-corrected chi connectivity index (χ2v) is 11.5. The Balaban J connectivity index is 1.28. The van der Waals surface area contributed by atoms with Crippen molar-refractivity contribution in [3.05, 3.63) is 157 Å². The monoisotopic (exact) mass is 560 g/mol. The summed E-state index contributed by atoms with van der Waals surface area (Å²) >= 11 is 0. The van der Waals surface area contributed by atoms with Gasteiger partial charge in [0, 0.05) is 16.5 Å². The van der Waals surface area contributed by atoms with Crippen LogP contribution in [0.25, 0.3) is 76.5 Å². The molecule has 2 nitrogen and oxygen atoms in total. The molecule has 44 heavy (non-hydrogen) atoms. The van der Waals surface area contributed by atoms with Crippen molar-refractivity contribution in [1.82, 2.24) is 0 Å². The normalized spacial score (nSPS) is 12.6. The maximum absolute atomic E-state index is 12.8. The minimum Gasteiger partial charge on any atom is -0.285 e. The van der Waals surface area contributed by atoms with Gasteiger partial charge in [-0.1, -0.05) is 133 Å². The molecule has 1 aliphatic rings. The molecule has 0 atom stereocenters. The molecule has 204 valence electrons. The van der Waals surface area contributed by atoms with Crippen LogP contribution in [0.5, 0.6) is 0 Å². The number of hydrogen-bond acceptors (Lipinski definition) is 2. The van der Waals surface area contributed by atoms with Crippen LogP contribution in [0.3, 0.4) is 0 Å². The lowest BCUT2D eigenvalue weighted by Crippen LogP contribution is -2.05. The summed E-state index contributed by atoms with van der Waals surface area (Å²) in [6.45, 7) is 0. The van der Waals surface area contributed by atoms with E-state index >= 15 is 0 Å². The number of benzene rings is 8. The van der Waals surface area contributed by atoms with Gasteiger partial charge in [-0.25, -0.2) is 0 Å². The third kappa shape index (κ3) is 3.49. The maximum Gasteiger partial charge on any atom is 0.234 e. The highest BCUT2D eigenvalue weighted by Gasteiger charge is 2.31. The summed E-state index contributed by atoms with van der Waals surface area (Å²) in [6.07, 6.45) is 0. The van der Waals surface area contributed by atoms with Gasteiger partial charge in [0.25, 0.3) is 0 Å². The zero-order valence-electron chi connectivity index (χ0n) is 23.7. The van der Waals surface area contributed by atoms with Crippen molar-refractivity contribution < 1.29 is 9.59 Å². The van der Waals surface area contributed by atoms with E-state index < -0.39 is 11.6 Å². The fourth-order valence-electron chi connectivity index (χ4n) is 7.18. The van der Waals surface area contributed by atoms with Gasteiger partial charge in [0.05, 0.1) is 0 Å². The number of ketones is 2. The maximum atomic E-state index is 12.8. The van der Waals surface area contributed by atoms with Crippen LogP contribution in [0, 0.1) is 0 Å². The topological polar surface area (TPSA) is 34.1 Å². The van der Waals surface area contributed by atoms with Crippen molar-refractivity contribution in [2.75, 3.05) is 0 Å². The molecule has 0 N–H and O–H groups in total. The van der Waals surface area contributed by atoms with Gasteiger partial charge >= 0.3 is 0 Å². The van der Waals surface area contributed by atoms with Gasteiger partial charge in [-0.3, -0.25) is 9.59 Å². The molecule has 0 unspecified atom stereocenters. The lowest BCUT2D eigenvalue weighted by molar-refractivity contribution is 0.0825. The standard InChI is InChI=1S/C42H24O2/c43-41-36-15-7-14-34-35(22-23-37(40(34)36)42(41)44)39-32-12-5-3-10-30(32)38(31-11-4-6-13-33(31)39)27-19-16-26(17-20-27)29-21-18-25-8-1-2-9-28(25)24-29/h1-24H. The molecular weight excluding hydrogens is 536 g/mol. The fourth-order valence-corrected chi connectivity index (χ4v) is 7.18. The smallest absolute Gasteiger partial charge is 0.234 e. The molecule has 0 aliphatic heterocycles. The Morgan fingerprint density at radius 2 is 0.818 bits per heavy atom. The van der Waals surface area contributed by atoms with Crippen molar-refractivity contribution in [3.63, 3.8) is 0 Å². The van der Waals surface area contributed by atoms with Crippen LogP contribution in [0.15, 0.2) is 146 Å². The van der Waals surface area contributed by atoms with Gasteiger partial charge in [0.15, 0.2) is 0 Å². The van der Waals surface area contributed by atoms with Crippen molar-refractivity contribution in [3.8, 4) is 33.4 Å². The number of carbonyl (C=O) groups is 2. The number of carbonyl (C=O) groups excluding carboxylic acids is 2. The second kappa shape index (κ2) is 9.32. The summed E-state index contributed by atoms with van der Waals surface area (Å²) in [4.78, 5) is 25.5. The minimum absolute atomic E-state index is 0.417. The summed E-state index contributed by atoms with van der Waals surface area (Å²) in [5.41, 5.74) is 7.88. The molecule has 8 aromatic rings. The average molecular weight is 561 g/mol. The summed E-state index contributed by atoms with van der Waals surface area (Å²) in [7, 11) is 0. The largest absolute Gasteiger partial charge is 0.285 e. The van der Waals surface area contributed by atoms with Crippen molar-refractivity contribution in [2.45, 2.75) is 0 Å². The summed E-state index contributed by atoms with van der Waals surface area (Å²) in [5.74, 6) is -0.833. The zero-order chi connectivity index (χ0) is 29.4. The Hall–Kier alpha value is -5.86. The molecule has 8 aromatic carbocycles. The summed E-state index contributed by atoms with van der Waals surface area (Å²) in [6, 6.07) is 50.6. The van der Waals surface area contributed by atoms with Crippen LogP contribution < -0.4 is 0 Å². The molecule has 0 saturated carbocycles. The Morgan fingerprint density at radius 3 is 1.50 bits per heavy atom. The van der Waals surface area contributed by atoms with Crippen molar-refractivity contribution in [1.29, 1.82) is 0 Å². The molecule has 9 rings (SSSR count). The van der Waals surface area contributed by atoms with E-state index in [9.17, 15) is 9.59 Å². The molecule has 0 aromatic heterocycles. The third-order valence-electron chi connectivity index (χ3n) is 9.19. The minimum atomic E-state index is -0.417. The van der Waals surface area contributed by atoms with Crippen LogP contribution in [0.4, 0.5) is 0 Å². The lowest BCUT2D eigenvalue weighted by Gasteiger charge is -2.19. The molecule has 0 saturated heterocycles. The van der Waals surface area contributed by atoms with E-state index in [1.807, 2.05) is 24.3 Å². The first kappa shape index (κ1) is 24.7. The SMILES string of the molecule is O=C1C(=O)c2ccc(-c3c4ccccc4c(-c4ccc(-c5ccc6ccccc6c5)cc4)c4ccccc34)c3cccc1c23. The highest BCUT2D eigenvalue weighted by molar-refractivity contribution is 6.57. The van der Waals surface area contributed by atoms with Gasteiger partial charge in [0.1, 0.15) is 0 Å². The van der Waals surface area contributed by atoms with Gasteiger partial charge < -0.3 is 0 Å². The van der Waals surface area contributed by atoms with E-state index in [0.717, 1.165) is 49.0 Å². The lowest BCUT2D eigenvalue weighted by atomic mass is 9.84. The molecule has 0 bridgehead atoms. The van der Waals surface area contributed by atoms with Crippen molar-refractivity contribution in [2.24, 2.45) is 0 Å². The average Bonchev–Trinajstić information content (AvgIpc) is 3.33. The fraction of sp³-hybridized carbons (Fsp3) is 0. The Kier molecular flexibility index (Phi) is 5.24. The van der Waals surface area contributed by atoms with Crippen LogP contribution >= 0.6 is 0 Å². The van der Waals surface area contributed by atoms with Crippen LogP contribution in [-0.4, -0.2) is 11.6 Å². The molecule has 0 heterocycles. The van der Waals surface area contributed by atoms with Crippen molar-refractivity contribution >= 4 is 54.7 Å². The van der Waals surface area contributed by atoms with E-state index in [0.29, 0.717) is 11.1 Å². The van der Waals surface area contributed by atoms with Gasteiger partial charge in [-0.2, -0.15) is 0 Å². The van der Waals surface area contributed by atoms with Crippen LogP contribution in [-0.2, 0) is 0 Å². The van der Waals surface area contributed by atoms with Gasteiger partial charge in [0.2, 0.25) is 11.6 Å². The molecule has 0 amide bonds. The van der Waals surface area contributed by atoms with E-state index in [-0.39, 0.29) is 0 Å². The summed E-state index contributed by atoms with van der Waals surface area (Å²) < 4.78 is 0. The first-order valence-electron chi connectivity index (χ1n) is 14.9. The predicted octanol–water partition coefficient (Wildman–Crippen LogP) is 10.7.